The molecule has 0 aromatic rings. The summed E-state index contributed by atoms with van der Waals surface area (Å²) in [5, 5.41) is 9.94. The Morgan fingerprint density at radius 3 is 2.75 bits per heavy atom. The van der Waals surface area contributed by atoms with Gasteiger partial charge in [0.2, 0.25) is 0 Å². The van der Waals surface area contributed by atoms with E-state index in [2.05, 4.69) is 0 Å². The van der Waals surface area contributed by atoms with E-state index in [0.29, 0.717) is 6.42 Å². The number of hydrogen-bond acceptors (Lipinski definition) is 2. The zero-order valence-electron chi connectivity index (χ0n) is 7.92. The molecule has 1 rings (SSSR count). The number of allylic oxidation sites excluding steroid dienone is 1. The Morgan fingerprint density at radius 2 is 2.33 bits per heavy atom. The number of carbonyl (C=O) groups is 1. The van der Waals surface area contributed by atoms with Crippen LogP contribution in [0.1, 0.15) is 33.6 Å². The lowest BCUT2D eigenvalue weighted by molar-refractivity contribution is -0.139. The Hall–Kier alpha value is -0.630. The molecule has 0 amide bonds. The van der Waals surface area contributed by atoms with Gasteiger partial charge in [0.05, 0.1) is 0 Å². The van der Waals surface area contributed by atoms with Crippen LogP contribution in [0.2, 0.25) is 0 Å². The predicted molar refractivity (Wildman–Crippen MR) is 47.8 cm³/mol. The largest absolute Gasteiger partial charge is 0.381 e. The van der Waals surface area contributed by atoms with Gasteiger partial charge in [0.25, 0.3) is 0 Å². The quantitative estimate of drug-likeness (QED) is 0.605. The highest BCUT2D eigenvalue weighted by molar-refractivity contribution is 5.85. The standard InChI is InChI=1S/C10H16O2/c1-7-4-5-10(12,9(3)11)8(2)6-7/h6,8,12H,4-5H2,1-3H3. The molecule has 0 aliphatic heterocycles. The molecular weight excluding hydrogens is 152 g/mol. The first kappa shape index (κ1) is 9.46. The molecule has 12 heavy (non-hydrogen) atoms. The minimum Gasteiger partial charge on any atom is -0.381 e. The van der Waals surface area contributed by atoms with Crippen molar-refractivity contribution in [2.24, 2.45) is 5.92 Å². The summed E-state index contributed by atoms with van der Waals surface area (Å²) in [5.41, 5.74) is 0.174. The molecule has 2 atom stereocenters. The van der Waals surface area contributed by atoms with E-state index < -0.39 is 5.60 Å². The van der Waals surface area contributed by atoms with Crippen LogP contribution in [0.15, 0.2) is 11.6 Å². The van der Waals surface area contributed by atoms with Gasteiger partial charge in [-0.1, -0.05) is 18.6 Å². The van der Waals surface area contributed by atoms with Crippen molar-refractivity contribution in [1.29, 1.82) is 0 Å². The van der Waals surface area contributed by atoms with Crippen LogP contribution in [0, 0.1) is 5.92 Å². The van der Waals surface area contributed by atoms with Gasteiger partial charge in [0, 0.05) is 5.92 Å². The van der Waals surface area contributed by atoms with Crippen LogP contribution in [-0.4, -0.2) is 16.5 Å². The zero-order chi connectivity index (χ0) is 9.35. The van der Waals surface area contributed by atoms with Gasteiger partial charge in [0.15, 0.2) is 5.78 Å². The molecule has 0 aromatic carbocycles. The van der Waals surface area contributed by atoms with Crippen LogP contribution < -0.4 is 0 Å². The van der Waals surface area contributed by atoms with Crippen LogP contribution in [-0.2, 0) is 4.79 Å². The van der Waals surface area contributed by atoms with Crippen molar-refractivity contribution in [3.05, 3.63) is 11.6 Å². The fourth-order valence-corrected chi connectivity index (χ4v) is 1.76. The maximum atomic E-state index is 11.2. The molecule has 2 unspecified atom stereocenters. The van der Waals surface area contributed by atoms with Gasteiger partial charge in [-0.25, -0.2) is 0 Å². The Bertz CT molecular complexity index is 230. The van der Waals surface area contributed by atoms with E-state index in [1.807, 2.05) is 19.9 Å². The fourth-order valence-electron chi connectivity index (χ4n) is 1.76. The first-order valence-corrected chi connectivity index (χ1v) is 4.37. The lowest BCUT2D eigenvalue weighted by atomic mass is 9.76. The second kappa shape index (κ2) is 3.02. The minimum absolute atomic E-state index is 0.0382. The van der Waals surface area contributed by atoms with Crippen molar-refractivity contribution in [3.63, 3.8) is 0 Å². The SMILES string of the molecule is CC(=O)C1(O)CCC(C)=CC1C. The average molecular weight is 168 g/mol. The summed E-state index contributed by atoms with van der Waals surface area (Å²) in [4.78, 5) is 11.2. The zero-order valence-corrected chi connectivity index (χ0v) is 7.92. The predicted octanol–water partition coefficient (Wildman–Crippen LogP) is 1.68. The van der Waals surface area contributed by atoms with Crippen molar-refractivity contribution in [2.75, 3.05) is 0 Å². The molecule has 0 fully saturated rings. The summed E-state index contributed by atoms with van der Waals surface area (Å²) >= 11 is 0. The van der Waals surface area contributed by atoms with Gasteiger partial charge in [0.1, 0.15) is 5.60 Å². The molecule has 0 spiro atoms. The summed E-state index contributed by atoms with van der Waals surface area (Å²) in [5.74, 6) is -0.150. The molecule has 0 bridgehead atoms. The summed E-state index contributed by atoms with van der Waals surface area (Å²) in [7, 11) is 0. The number of aliphatic hydroxyl groups is 1. The van der Waals surface area contributed by atoms with Gasteiger partial charge < -0.3 is 5.11 Å². The molecule has 2 nitrogen and oxygen atoms in total. The van der Waals surface area contributed by atoms with Crippen LogP contribution in [0.25, 0.3) is 0 Å². The van der Waals surface area contributed by atoms with Crippen LogP contribution in [0.4, 0.5) is 0 Å². The molecule has 0 saturated carbocycles. The fraction of sp³-hybridized carbons (Fsp3) is 0.700. The highest BCUT2D eigenvalue weighted by Crippen LogP contribution is 2.32. The Morgan fingerprint density at radius 1 is 1.75 bits per heavy atom. The maximum absolute atomic E-state index is 11.2. The Kier molecular flexibility index (Phi) is 2.38. The van der Waals surface area contributed by atoms with E-state index in [1.54, 1.807) is 0 Å². The van der Waals surface area contributed by atoms with E-state index in [-0.39, 0.29) is 11.7 Å². The van der Waals surface area contributed by atoms with E-state index in [9.17, 15) is 9.90 Å². The Labute approximate surface area is 73.3 Å². The molecular formula is C10H16O2. The lowest BCUT2D eigenvalue weighted by Gasteiger charge is -2.34. The number of hydrogen-bond donors (Lipinski definition) is 1. The second-order valence-electron chi connectivity index (χ2n) is 3.78. The van der Waals surface area contributed by atoms with E-state index >= 15 is 0 Å². The molecule has 1 aliphatic rings. The molecule has 1 N–H and O–H groups in total. The van der Waals surface area contributed by atoms with Crippen molar-refractivity contribution >= 4 is 5.78 Å². The van der Waals surface area contributed by atoms with Crippen LogP contribution in [0.5, 0.6) is 0 Å². The normalized spacial score (nSPS) is 36.0. The first-order chi connectivity index (χ1) is 5.47. The van der Waals surface area contributed by atoms with Gasteiger partial charge in [-0.2, -0.15) is 0 Å². The third-order valence-corrected chi connectivity index (χ3v) is 2.80. The highest BCUT2D eigenvalue weighted by Gasteiger charge is 2.39. The summed E-state index contributed by atoms with van der Waals surface area (Å²) < 4.78 is 0. The minimum atomic E-state index is -1.10. The number of ketones is 1. The van der Waals surface area contributed by atoms with Crippen molar-refractivity contribution < 1.29 is 9.90 Å². The summed E-state index contributed by atoms with van der Waals surface area (Å²) in [6, 6.07) is 0. The van der Waals surface area contributed by atoms with Gasteiger partial charge >= 0.3 is 0 Å². The Balaban J connectivity index is 2.90. The summed E-state index contributed by atoms with van der Waals surface area (Å²) in [6.45, 7) is 5.39. The number of rotatable bonds is 1. The number of Topliss-reactive ketones (excluding diaryl/α,β-unsaturated/α-hetero) is 1. The van der Waals surface area contributed by atoms with E-state index in [0.717, 1.165) is 6.42 Å². The smallest absolute Gasteiger partial charge is 0.161 e. The number of carbonyl (C=O) groups excluding carboxylic acids is 1. The van der Waals surface area contributed by atoms with Crippen molar-refractivity contribution in [1.82, 2.24) is 0 Å². The molecule has 0 radical (unpaired) electrons. The average Bonchev–Trinajstić information content (AvgIpc) is 1.97. The topological polar surface area (TPSA) is 37.3 Å². The summed E-state index contributed by atoms with van der Waals surface area (Å²) in [6.07, 6.45) is 3.40. The maximum Gasteiger partial charge on any atom is 0.161 e. The third-order valence-electron chi connectivity index (χ3n) is 2.80. The highest BCUT2D eigenvalue weighted by atomic mass is 16.3. The molecule has 0 aromatic heterocycles. The van der Waals surface area contributed by atoms with Crippen LogP contribution in [0.3, 0.4) is 0 Å². The first-order valence-electron chi connectivity index (χ1n) is 4.37. The molecule has 68 valence electrons. The molecule has 0 heterocycles. The third kappa shape index (κ3) is 1.44. The van der Waals surface area contributed by atoms with E-state index in [1.165, 1.54) is 12.5 Å². The van der Waals surface area contributed by atoms with Gasteiger partial charge in [-0.3, -0.25) is 4.79 Å². The van der Waals surface area contributed by atoms with Crippen LogP contribution >= 0.6 is 0 Å². The molecule has 2 heteroatoms. The van der Waals surface area contributed by atoms with Gasteiger partial charge in [-0.15, -0.1) is 0 Å². The van der Waals surface area contributed by atoms with E-state index in [4.69, 9.17) is 0 Å². The monoisotopic (exact) mass is 168 g/mol. The van der Waals surface area contributed by atoms with Crippen molar-refractivity contribution in [3.8, 4) is 0 Å². The lowest BCUT2D eigenvalue weighted by Crippen LogP contribution is -2.44. The van der Waals surface area contributed by atoms with Crippen molar-refractivity contribution in [2.45, 2.75) is 39.2 Å². The molecule has 0 saturated heterocycles. The molecule has 1 aliphatic carbocycles. The second-order valence-corrected chi connectivity index (χ2v) is 3.78. The van der Waals surface area contributed by atoms with Gasteiger partial charge in [-0.05, 0) is 26.7 Å².